The van der Waals surface area contributed by atoms with Gasteiger partial charge in [0.2, 0.25) is 0 Å². The summed E-state index contributed by atoms with van der Waals surface area (Å²) in [6.45, 7) is 5.29. The fourth-order valence-electron chi connectivity index (χ4n) is 2.73. The van der Waals surface area contributed by atoms with Crippen LogP contribution in [0.3, 0.4) is 0 Å². The fourth-order valence-corrected chi connectivity index (χ4v) is 2.73. The monoisotopic (exact) mass is 280 g/mol. The number of anilines is 2. The largest absolute Gasteiger partial charge is 0.368 e. The number of rotatable bonds is 3. The van der Waals surface area contributed by atoms with Gasteiger partial charge in [0.15, 0.2) is 5.78 Å². The number of hydrogen-bond donors (Lipinski definition) is 0. The molecule has 0 N–H and O–H groups in total. The molecule has 0 unspecified atom stereocenters. The summed E-state index contributed by atoms with van der Waals surface area (Å²) in [6, 6.07) is 12.9. The first-order chi connectivity index (χ1) is 10.3. The van der Waals surface area contributed by atoms with E-state index >= 15 is 0 Å². The maximum absolute atomic E-state index is 11.7. The maximum Gasteiger partial charge on any atom is 0.162 e. The Morgan fingerprint density at radius 3 is 2.43 bits per heavy atom. The van der Waals surface area contributed by atoms with Crippen molar-refractivity contribution in [1.29, 1.82) is 0 Å². The van der Waals surface area contributed by atoms with Crippen LogP contribution >= 0.6 is 0 Å². The molecule has 0 spiro atoms. The number of Topliss-reactive ketones (excluding diaryl/α,β-unsaturated/α-hetero) is 1. The molecule has 1 fully saturated rings. The van der Waals surface area contributed by atoms with Crippen LogP contribution in [0.1, 0.15) is 17.3 Å². The zero-order valence-electron chi connectivity index (χ0n) is 12.1. The number of carbonyl (C=O) groups is 1. The molecule has 1 aromatic carbocycles. The molecule has 1 aliphatic heterocycles. The Balaban J connectivity index is 1.73. The Hall–Kier alpha value is -2.36. The second-order valence-electron chi connectivity index (χ2n) is 5.17. The summed E-state index contributed by atoms with van der Waals surface area (Å²) in [5.74, 6) is 0.0714. The van der Waals surface area contributed by atoms with E-state index in [1.807, 2.05) is 36.7 Å². The second kappa shape index (κ2) is 5.95. The summed E-state index contributed by atoms with van der Waals surface area (Å²) in [5.41, 5.74) is 2.89. The van der Waals surface area contributed by atoms with Gasteiger partial charge in [-0.05, 0) is 31.2 Å². The third-order valence-electron chi connectivity index (χ3n) is 3.83. The van der Waals surface area contributed by atoms with Gasteiger partial charge >= 0.3 is 0 Å². The predicted octanol–water partition coefficient (Wildman–Crippen LogP) is 2.41. The van der Waals surface area contributed by atoms with Gasteiger partial charge in [-0.3, -0.25) is 9.78 Å². The van der Waals surface area contributed by atoms with E-state index in [4.69, 9.17) is 0 Å². The molecule has 0 amide bonds. The second-order valence-corrected chi connectivity index (χ2v) is 5.17. The molecular weight excluding hydrogens is 262 g/mol. The Labute approximate surface area is 125 Å². The summed E-state index contributed by atoms with van der Waals surface area (Å²) in [7, 11) is 0. The molecular formula is C17H18N3O. The van der Waals surface area contributed by atoms with E-state index < -0.39 is 0 Å². The maximum atomic E-state index is 11.7. The van der Waals surface area contributed by atoms with E-state index in [1.54, 1.807) is 13.0 Å². The highest BCUT2D eigenvalue weighted by molar-refractivity contribution is 5.99. The van der Waals surface area contributed by atoms with Crippen molar-refractivity contribution in [2.75, 3.05) is 36.0 Å². The number of ketones is 1. The summed E-state index contributed by atoms with van der Waals surface area (Å²) in [5, 5.41) is 0. The highest BCUT2D eigenvalue weighted by Gasteiger charge is 2.20. The quantitative estimate of drug-likeness (QED) is 0.809. The van der Waals surface area contributed by atoms with Gasteiger partial charge in [0, 0.05) is 55.5 Å². The summed E-state index contributed by atoms with van der Waals surface area (Å²) in [6.07, 6.45) is 3.64. The van der Waals surface area contributed by atoms with Crippen LogP contribution in [-0.4, -0.2) is 36.9 Å². The van der Waals surface area contributed by atoms with Crippen molar-refractivity contribution < 1.29 is 4.79 Å². The van der Waals surface area contributed by atoms with E-state index in [2.05, 4.69) is 20.9 Å². The van der Waals surface area contributed by atoms with Crippen LogP contribution < -0.4 is 9.80 Å². The predicted molar refractivity (Wildman–Crippen MR) is 83.9 cm³/mol. The van der Waals surface area contributed by atoms with Gasteiger partial charge in [-0.15, -0.1) is 0 Å². The van der Waals surface area contributed by atoms with Crippen LogP contribution in [-0.2, 0) is 0 Å². The van der Waals surface area contributed by atoms with Crippen molar-refractivity contribution in [2.45, 2.75) is 6.92 Å². The SMILES string of the molecule is CC(=O)c1[c]cccc1N1CCN(c2ccncc2)CC1. The van der Waals surface area contributed by atoms with E-state index in [9.17, 15) is 4.79 Å². The third kappa shape index (κ3) is 2.89. The summed E-state index contributed by atoms with van der Waals surface area (Å²) < 4.78 is 0. The number of hydrogen-bond acceptors (Lipinski definition) is 4. The summed E-state index contributed by atoms with van der Waals surface area (Å²) >= 11 is 0. The Morgan fingerprint density at radius 1 is 1.10 bits per heavy atom. The molecule has 21 heavy (non-hydrogen) atoms. The van der Waals surface area contributed by atoms with Crippen LogP contribution in [0.2, 0.25) is 0 Å². The Bertz CT molecular complexity index is 619. The lowest BCUT2D eigenvalue weighted by Crippen LogP contribution is -2.47. The molecule has 4 nitrogen and oxygen atoms in total. The molecule has 4 heteroatoms. The van der Waals surface area contributed by atoms with Gasteiger partial charge in [0.1, 0.15) is 0 Å². The smallest absolute Gasteiger partial charge is 0.162 e. The van der Waals surface area contributed by atoms with Crippen molar-refractivity contribution in [3.63, 3.8) is 0 Å². The van der Waals surface area contributed by atoms with Crippen LogP contribution in [0.15, 0.2) is 42.7 Å². The molecule has 1 aromatic heterocycles. The van der Waals surface area contributed by atoms with Gasteiger partial charge < -0.3 is 9.80 Å². The minimum absolute atomic E-state index is 0.0714. The standard InChI is InChI=1S/C17H18N3O/c1-14(21)16-4-2-3-5-17(16)20-12-10-19(11-13-20)15-6-8-18-9-7-15/h2-3,5-9H,10-13H2,1H3. The Morgan fingerprint density at radius 2 is 1.76 bits per heavy atom. The van der Waals surface area contributed by atoms with Gasteiger partial charge in [0.25, 0.3) is 0 Å². The fraction of sp³-hybridized carbons (Fsp3) is 0.294. The van der Waals surface area contributed by atoms with E-state index in [0.29, 0.717) is 5.56 Å². The van der Waals surface area contributed by atoms with Crippen LogP contribution in [0.5, 0.6) is 0 Å². The Kier molecular flexibility index (Phi) is 3.86. The number of aromatic nitrogens is 1. The normalized spacial score (nSPS) is 15.1. The lowest BCUT2D eigenvalue weighted by Gasteiger charge is -2.37. The van der Waals surface area contributed by atoms with Gasteiger partial charge in [-0.2, -0.15) is 0 Å². The number of piperazine rings is 1. The van der Waals surface area contributed by atoms with Crippen molar-refractivity contribution >= 4 is 17.2 Å². The highest BCUT2D eigenvalue weighted by atomic mass is 16.1. The average molecular weight is 280 g/mol. The van der Waals surface area contributed by atoms with Gasteiger partial charge in [-0.1, -0.05) is 12.1 Å². The molecule has 1 radical (unpaired) electrons. The molecule has 0 bridgehead atoms. The minimum Gasteiger partial charge on any atom is -0.368 e. The molecule has 0 aliphatic carbocycles. The molecule has 0 atom stereocenters. The molecule has 2 aromatic rings. The van der Waals surface area contributed by atoms with Gasteiger partial charge in [-0.25, -0.2) is 0 Å². The molecule has 3 rings (SSSR count). The van der Waals surface area contributed by atoms with Crippen molar-refractivity contribution in [1.82, 2.24) is 4.98 Å². The number of pyridine rings is 1. The zero-order valence-corrected chi connectivity index (χ0v) is 12.1. The van der Waals surface area contributed by atoms with Gasteiger partial charge in [0.05, 0.1) is 0 Å². The van der Waals surface area contributed by atoms with Crippen LogP contribution in [0.4, 0.5) is 11.4 Å². The lowest BCUT2D eigenvalue weighted by atomic mass is 10.1. The van der Waals surface area contributed by atoms with E-state index in [1.165, 1.54) is 5.69 Å². The van der Waals surface area contributed by atoms with Crippen molar-refractivity contribution in [3.8, 4) is 0 Å². The molecule has 0 saturated carbocycles. The van der Waals surface area contributed by atoms with Crippen molar-refractivity contribution in [3.05, 3.63) is 54.4 Å². The topological polar surface area (TPSA) is 36.4 Å². The minimum atomic E-state index is 0.0714. The summed E-state index contributed by atoms with van der Waals surface area (Å²) in [4.78, 5) is 20.4. The molecule has 2 heterocycles. The lowest BCUT2D eigenvalue weighted by molar-refractivity contribution is 0.101. The van der Waals surface area contributed by atoms with E-state index in [-0.39, 0.29) is 5.78 Å². The number of nitrogens with zero attached hydrogens (tertiary/aromatic N) is 3. The average Bonchev–Trinajstić information content (AvgIpc) is 2.56. The van der Waals surface area contributed by atoms with Crippen LogP contribution in [0, 0.1) is 6.07 Å². The number of carbonyl (C=O) groups excluding carboxylic acids is 1. The highest BCUT2D eigenvalue weighted by Crippen LogP contribution is 2.23. The zero-order chi connectivity index (χ0) is 14.7. The number of benzene rings is 1. The first-order valence-corrected chi connectivity index (χ1v) is 7.17. The molecule has 1 aliphatic rings. The van der Waals surface area contributed by atoms with Crippen molar-refractivity contribution in [2.24, 2.45) is 0 Å². The first-order valence-electron chi connectivity index (χ1n) is 7.17. The van der Waals surface area contributed by atoms with E-state index in [0.717, 1.165) is 31.9 Å². The molecule has 107 valence electrons. The third-order valence-corrected chi connectivity index (χ3v) is 3.83. The first kappa shape index (κ1) is 13.6. The molecule has 1 saturated heterocycles. The van der Waals surface area contributed by atoms with Crippen LogP contribution in [0.25, 0.3) is 0 Å².